The van der Waals surface area contributed by atoms with Gasteiger partial charge in [-0.25, -0.2) is 9.48 Å². The van der Waals surface area contributed by atoms with E-state index in [0.717, 1.165) is 18.5 Å². The molecule has 8 nitrogen and oxygen atoms in total. The molecule has 3 rings (SSSR count). The number of ether oxygens (including phenoxy) is 1. The van der Waals surface area contributed by atoms with E-state index in [4.69, 9.17) is 16.2 Å². The number of nitrogens with two attached hydrogens (primary N) is 2. The van der Waals surface area contributed by atoms with Gasteiger partial charge in [0.2, 0.25) is 0 Å². The van der Waals surface area contributed by atoms with Gasteiger partial charge in [0.25, 0.3) is 5.91 Å². The smallest absolute Gasteiger partial charge is 0.410 e. The summed E-state index contributed by atoms with van der Waals surface area (Å²) in [6.07, 6.45) is 3.11. The number of nitrogens with zero attached hydrogens (tertiary/aromatic N) is 3. The molecule has 8 heteroatoms. The maximum atomic E-state index is 12.6. The summed E-state index contributed by atoms with van der Waals surface area (Å²) in [6.45, 7) is 9.60. The average molecular weight is 377 g/mol. The van der Waals surface area contributed by atoms with E-state index in [0.29, 0.717) is 24.2 Å². The van der Waals surface area contributed by atoms with Gasteiger partial charge >= 0.3 is 6.09 Å². The standard InChI is InChI=1S/C19H31N5O3/c1-10-8-13(9-11(2)23(10)18(26)27-19(3,4)5)24-16(20)14(17(21)25)15(22-24)12-6-7-12/h10-13H,6-9,20H2,1-5H3,(H2,21,25)/t10-,11-/m1/s1. The van der Waals surface area contributed by atoms with Gasteiger partial charge in [-0.1, -0.05) is 0 Å². The van der Waals surface area contributed by atoms with Crippen molar-refractivity contribution in [1.29, 1.82) is 0 Å². The highest BCUT2D eigenvalue weighted by Crippen LogP contribution is 2.43. The van der Waals surface area contributed by atoms with Crippen LogP contribution in [0.5, 0.6) is 0 Å². The van der Waals surface area contributed by atoms with Crippen molar-refractivity contribution in [1.82, 2.24) is 14.7 Å². The highest BCUT2D eigenvalue weighted by atomic mass is 16.6. The van der Waals surface area contributed by atoms with Crippen LogP contribution in [0, 0.1) is 0 Å². The predicted octanol–water partition coefficient (Wildman–Crippen LogP) is 2.79. The molecule has 0 unspecified atom stereocenters. The van der Waals surface area contributed by atoms with Gasteiger partial charge in [0, 0.05) is 18.0 Å². The summed E-state index contributed by atoms with van der Waals surface area (Å²) in [4.78, 5) is 26.3. The number of piperidine rings is 1. The van der Waals surface area contributed by atoms with E-state index in [1.165, 1.54) is 0 Å². The number of carbonyl (C=O) groups excluding carboxylic acids is 2. The summed E-state index contributed by atoms with van der Waals surface area (Å²) in [5.41, 5.74) is 12.4. The largest absolute Gasteiger partial charge is 0.444 e. The Labute approximate surface area is 160 Å². The van der Waals surface area contributed by atoms with Crippen LogP contribution in [0.25, 0.3) is 0 Å². The van der Waals surface area contributed by atoms with Crippen LogP contribution in [0.2, 0.25) is 0 Å². The van der Waals surface area contributed by atoms with Crippen molar-refractivity contribution >= 4 is 17.8 Å². The number of nitrogen functional groups attached to an aromatic ring is 1. The maximum absolute atomic E-state index is 12.6. The average Bonchev–Trinajstić information content (AvgIpc) is 3.27. The zero-order chi connectivity index (χ0) is 20.1. The van der Waals surface area contributed by atoms with Crippen molar-refractivity contribution in [2.45, 2.75) is 89.9 Å². The SMILES string of the molecule is C[C@@H]1CC(n2nc(C3CC3)c(C(N)=O)c2N)C[C@@H](C)N1C(=O)OC(C)(C)C. The molecule has 150 valence electrons. The third-order valence-corrected chi connectivity index (χ3v) is 5.31. The Bertz CT molecular complexity index is 735. The van der Waals surface area contributed by atoms with Gasteiger partial charge in [0.05, 0.1) is 11.7 Å². The summed E-state index contributed by atoms with van der Waals surface area (Å²) in [5, 5.41) is 4.67. The van der Waals surface area contributed by atoms with Crippen LogP contribution < -0.4 is 11.5 Å². The minimum atomic E-state index is -0.532. The molecule has 2 fully saturated rings. The zero-order valence-electron chi connectivity index (χ0n) is 16.9. The van der Waals surface area contributed by atoms with E-state index in [2.05, 4.69) is 5.10 Å². The molecule has 1 aliphatic heterocycles. The monoisotopic (exact) mass is 377 g/mol. The second-order valence-electron chi connectivity index (χ2n) is 8.94. The Morgan fingerprint density at radius 2 is 1.70 bits per heavy atom. The van der Waals surface area contributed by atoms with Gasteiger partial charge in [0.1, 0.15) is 17.0 Å². The van der Waals surface area contributed by atoms with Crippen LogP contribution in [0.15, 0.2) is 0 Å². The lowest BCUT2D eigenvalue weighted by Crippen LogP contribution is -2.51. The van der Waals surface area contributed by atoms with Crippen molar-refractivity contribution in [3.63, 3.8) is 0 Å². The number of likely N-dealkylation sites (tertiary alicyclic amines) is 1. The third kappa shape index (κ3) is 3.89. The highest BCUT2D eigenvalue weighted by Gasteiger charge is 2.40. The van der Waals surface area contributed by atoms with Crippen LogP contribution in [-0.4, -0.2) is 44.4 Å². The van der Waals surface area contributed by atoms with Crippen molar-refractivity contribution in [2.24, 2.45) is 5.73 Å². The molecular weight excluding hydrogens is 346 g/mol. The van der Waals surface area contributed by atoms with Crippen molar-refractivity contribution in [3.8, 4) is 0 Å². The second-order valence-corrected chi connectivity index (χ2v) is 8.94. The van der Waals surface area contributed by atoms with Gasteiger partial charge in [-0.3, -0.25) is 4.79 Å². The molecule has 4 N–H and O–H groups in total. The van der Waals surface area contributed by atoms with Crippen LogP contribution in [0.3, 0.4) is 0 Å². The second kappa shape index (κ2) is 6.73. The Balaban J connectivity index is 1.82. The number of hydrogen-bond acceptors (Lipinski definition) is 5. The Kier molecular flexibility index (Phi) is 4.86. The fourth-order valence-electron chi connectivity index (χ4n) is 4.06. The molecule has 1 aliphatic carbocycles. The molecule has 2 amide bonds. The molecule has 2 aliphatic rings. The molecule has 0 aromatic carbocycles. The lowest BCUT2D eigenvalue weighted by Gasteiger charge is -2.43. The summed E-state index contributed by atoms with van der Waals surface area (Å²) >= 11 is 0. The fourth-order valence-corrected chi connectivity index (χ4v) is 4.06. The predicted molar refractivity (Wildman–Crippen MR) is 102 cm³/mol. The van der Waals surface area contributed by atoms with Gasteiger partial charge in [-0.15, -0.1) is 0 Å². The highest BCUT2D eigenvalue weighted by molar-refractivity contribution is 5.98. The van der Waals surface area contributed by atoms with Gasteiger partial charge < -0.3 is 21.1 Å². The summed E-state index contributed by atoms with van der Waals surface area (Å²) in [7, 11) is 0. The first kappa shape index (κ1) is 19.5. The summed E-state index contributed by atoms with van der Waals surface area (Å²) in [6, 6.07) is -0.0449. The van der Waals surface area contributed by atoms with Crippen LogP contribution >= 0.6 is 0 Å². The fraction of sp³-hybridized carbons (Fsp3) is 0.737. The van der Waals surface area contributed by atoms with Crippen molar-refractivity contribution in [3.05, 3.63) is 11.3 Å². The minimum Gasteiger partial charge on any atom is -0.444 e. The number of hydrogen-bond donors (Lipinski definition) is 2. The summed E-state index contributed by atoms with van der Waals surface area (Å²) in [5.74, 6) is 0.111. The molecule has 1 saturated heterocycles. The molecule has 0 spiro atoms. The minimum absolute atomic E-state index is 0.0132. The zero-order valence-corrected chi connectivity index (χ0v) is 16.9. The molecule has 1 aromatic heterocycles. The first-order valence-electron chi connectivity index (χ1n) is 9.68. The molecule has 2 heterocycles. The lowest BCUT2D eigenvalue weighted by molar-refractivity contribution is -0.00678. The van der Waals surface area contributed by atoms with Crippen molar-refractivity contribution < 1.29 is 14.3 Å². The van der Waals surface area contributed by atoms with E-state index in [9.17, 15) is 9.59 Å². The van der Waals surface area contributed by atoms with E-state index in [1.54, 1.807) is 9.58 Å². The number of primary amides is 1. The van der Waals surface area contributed by atoms with Crippen LogP contribution in [0.4, 0.5) is 10.6 Å². The van der Waals surface area contributed by atoms with Crippen LogP contribution in [0.1, 0.15) is 88.3 Å². The number of rotatable bonds is 3. The van der Waals surface area contributed by atoms with Gasteiger partial charge in [-0.2, -0.15) is 5.10 Å². The normalized spacial score (nSPS) is 26.1. The van der Waals surface area contributed by atoms with Gasteiger partial charge in [-0.05, 0) is 60.3 Å². The molecule has 2 atom stereocenters. The van der Waals surface area contributed by atoms with Crippen LogP contribution in [-0.2, 0) is 4.74 Å². The number of amides is 2. The lowest BCUT2D eigenvalue weighted by atomic mass is 9.93. The third-order valence-electron chi connectivity index (χ3n) is 5.31. The number of anilines is 1. The number of aromatic nitrogens is 2. The molecule has 0 radical (unpaired) electrons. The first-order valence-corrected chi connectivity index (χ1v) is 9.68. The molecular formula is C19H31N5O3. The van der Waals surface area contributed by atoms with E-state index in [1.807, 2.05) is 34.6 Å². The molecule has 1 saturated carbocycles. The van der Waals surface area contributed by atoms with E-state index in [-0.39, 0.29) is 30.1 Å². The maximum Gasteiger partial charge on any atom is 0.410 e. The molecule has 1 aromatic rings. The Morgan fingerprint density at radius 3 is 2.15 bits per heavy atom. The van der Waals surface area contributed by atoms with Crippen molar-refractivity contribution in [2.75, 3.05) is 5.73 Å². The summed E-state index contributed by atoms with van der Waals surface area (Å²) < 4.78 is 7.31. The Hall–Kier alpha value is -2.25. The van der Waals surface area contributed by atoms with E-state index < -0.39 is 11.5 Å². The number of carbonyl (C=O) groups is 2. The first-order chi connectivity index (χ1) is 12.5. The topological polar surface area (TPSA) is 116 Å². The van der Waals surface area contributed by atoms with Gasteiger partial charge in [0.15, 0.2) is 0 Å². The molecule has 27 heavy (non-hydrogen) atoms. The molecule has 0 bridgehead atoms. The quantitative estimate of drug-likeness (QED) is 0.840. The van der Waals surface area contributed by atoms with E-state index >= 15 is 0 Å². The Morgan fingerprint density at radius 1 is 1.15 bits per heavy atom.